The Hall–Kier alpha value is -2.79. The predicted octanol–water partition coefficient (Wildman–Crippen LogP) is -0.324. The molecule has 2 atom stereocenters. The van der Waals surface area contributed by atoms with Gasteiger partial charge in [-0.3, -0.25) is 19.2 Å². The summed E-state index contributed by atoms with van der Waals surface area (Å²) in [4.78, 5) is 51.8. The van der Waals surface area contributed by atoms with E-state index >= 15 is 0 Å². The molecule has 3 amide bonds. The number of ketones is 1. The molecular weight excluding hydrogens is 450 g/mol. The lowest BCUT2D eigenvalue weighted by atomic mass is 10.0. The van der Waals surface area contributed by atoms with Gasteiger partial charge in [-0.2, -0.15) is 0 Å². The zero-order chi connectivity index (χ0) is 24.4. The van der Waals surface area contributed by atoms with E-state index < -0.39 is 45.1 Å². The lowest BCUT2D eigenvalue weighted by Gasteiger charge is -2.28. The largest absolute Gasteiger partial charge is 0.378 e. The summed E-state index contributed by atoms with van der Waals surface area (Å²) in [6, 6.07) is 7.90. The lowest BCUT2D eigenvalue weighted by molar-refractivity contribution is -0.141. The molecule has 2 rings (SSSR count). The van der Waals surface area contributed by atoms with Crippen LogP contribution in [-0.4, -0.2) is 81.2 Å². The van der Waals surface area contributed by atoms with Gasteiger partial charge in [0, 0.05) is 32.3 Å². The van der Waals surface area contributed by atoms with Crippen LogP contribution in [0.2, 0.25) is 0 Å². The fourth-order valence-electron chi connectivity index (χ4n) is 3.41. The molecular formula is C22H31N3O7S. The van der Waals surface area contributed by atoms with Crippen LogP contribution in [0.1, 0.15) is 25.3 Å². The van der Waals surface area contributed by atoms with E-state index in [1.807, 2.05) is 6.07 Å². The molecule has 1 unspecified atom stereocenters. The first-order chi connectivity index (χ1) is 15.6. The molecule has 33 heavy (non-hydrogen) atoms. The van der Waals surface area contributed by atoms with E-state index in [-0.39, 0.29) is 25.3 Å². The van der Waals surface area contributed by atoms with Gasteiger partial charge >= 0.3 is 0 Å². The fraction of sp³-hybridized carbons (Fsp3) is 0.545. The molecule has 11 heteroatoms. The van der Waals surface area contributed by atoms with Crippen LogP contribution in [-0.2, 0) is 40.3 Å². The van der Waals surface area contributed by atoms with Crippen molar-refractivity contribution >= 4 is 33.3 Å². The topological polar surface area (TPSA) is 139 Å². The van der Waals surface area contributed by atoms with Crippen LogP contribution in [0, 0.1) is 5.92 Å². The van der Waals surface area contributed by atoms with Gasteiger partial charge in [0.15, 0.2) is 0 Å². The number of morpholine rings is 1. The molecule has 182 valence electrons. The maximum absolute atomic E-state index is 12.9. The van der Waals surface area contributed by atoms with E-state index in [0.29, 0.717) is 26.3 Å². The summed E-state index contributed by atoms with van der Waals surface area (Å²) in [6.45, 7) is 3.25. The van der Waals surface area contributed by atoms with Gasteiger partial charge in [0.25, 0.3) is 5.91 Å². The molecule has 0 aliphatic carbocycles. The maximum Gasteiger partial charge on any atom is 0.289 e. The second-order valence-corrected chi connectivity index (χ2v) is 10.2. The Morgan fingerprint density at radius 2 is 1.73 bits per heavy atom. The molecule has 1 aromatic carbocycles. The standard InChI is InChI=1S/C22H31N3O7S/c1-3-18(20(27)22(29)23-14-16-7-5-4-6-8-16)24-21(28)17(15-33(2,30)31)13-19(26)25-9-11-32-12-10-25/h4-8,17-18H,3,9-15H2,1-2H3,(H,23,29)(H,24,28)/t17?,18-/m0/s1. The summed E-state index contributed by atoms with van der Waals surface area (Å²) in [7, 11) is -3.58. The number of rotatable bonds is 11. The van der Waals surface area contributed by atoms with E-state index in [1.54, 1.807) is 31.2 Å². The Morgan fingerprint density at radius 1 is 1.09 bits per heavy atom. The zero-order valence-corrected chi connectivity index (χ0v) is 19.7. The highest BCUT2D eigenvalue weighted by molar-refractivity contribution is 7.90. The molecule has 0 bridgehead atoms. The van der Waals surface area contributed by atoms with Crippen molar-refractivity contribution in [1.82, 2.24) is 15.5 Å². The smallest absolute Gasteiger partial charge is 0.289 e. The fourth-order valence-corrected chi connectivity index (χ4v) is 4.41. The van der Waals surface area contributed by atoms with Crippen LogP contribution in [0.15, 0.2) is 30.3 Å². The predicted molar refractivity (Wildman–Crippen MR) is 121 cm³/mol. The number of hydrogen-bond donors (Lipinski definition) is 2. The van der Waals surface area contributed by atoms with E-state index in [1.165, 1.54) is 4.90 Å². The van der Waals surface area contributed by atoms with Gasteiger partial charge in [-0.05, 0) is 12.0 Å². The average molecular weight is 482 g/mol. The summed E-state index contributed by atoms with van der Waals surface area (Å²) in [6.07, 6.45) is 0.794. The third kappa shape index (κ3) is 8.93. The van der Waals surface area contributed by atoms with Crippen molar-refractivity contribution in [2.24, 2.45) is 5.92 Å². The zero-order valence-electron chi connectivity index (χ0n) is 18.9. The highest BCUT2D eigenvalue weighted by atomic mass is 32.2. The first-order valence-electron chi connectivity index (χ1n) is 10.8. The van der Waals surface area contributed by atoms with Gasteiger partial charge in [0.1, 0.15) is 9.84 Å². The highest BCUT2D eigenvalue weighted by Gasteiger charge is 2.32. The average Bonchev–Trinajstić information content (AvgIpc) is 2.80. The Morgan fingerprint density at radius 3 is 2.30 bits per heavy atom. The molecule has 0 aromatic heterocycles. The van der Waals surface area contributed by atoms with Crippen molar-refractivity contribution in [2.45, 2.75) is 32.4 Å². The molecule has 0 saturated carbocycles. The van der Waals surface area contributed by atoms with Crippen LogP contribution >= 0.6 is 0 Å². The number of nitrogens with one attached hydrogen (secondary N) is 2. The summed E-state index contributed by atoms with van der Waals surface area (Å²) in [5.74, 6) is -4.51. The SMILES string of the molecule is CC[C@H](NC(=O)C(CC(=O)N1CCOCC1)CS(C)(=O)=O)C(=O)C(=O)NCc1ccccc1. The van der Waals surface area contributed by atoms with Crippen LogP contribution in [0.5, 0.6) is 0 Å². The monoisotopic (exact) mass is 481 g/mol. The first-order valence-corrected chi connectivity index (χ1v) is 12.9. The molecule has 1 fully saturated rings. The Labute approximate surface area is 194 Å². The number of ether oxygens (including phenoxy) is 1. The van der Waals surface area contributed by atoms with Gasteiger partial charge < -0.3 is 20.3 Å². The first kappa shape index (κ1) is 26.5. The lowest BCUT2D eigenvalue weighted by Crippen LogP contribution is -2.50. The molecule has 10 nitrogen and oxygen atoms in total. The third-order valence-electron chi connectivity index (χ3n) is 5.22. The normalized spacial score (nSPS) is 15.9. The van der Waals surface area contributed by atoms with Gasteiger partial charge in [0.05, 0.1) is 30.9 Å². The van der Waals surface area contributed by atoms with Gasteiger partial charge in [-0.15, -0.1) is 0 Å². The van der Waals surface area contributed by atoms with Crippen molar-refractivity contribution in [3.8, 4) is 0 Å². The quantitative estimate of drug-likeness (QED) is 0.413. The minimum absolute atomic E-state index is 0.131. The maximum atomic E-state index is 12.9. The van der Waals surface area contributed by atoms with Crippen molar-refractivity contribution < 1.29 is 32.3 Å². The van der Waals surface area contributed by atoms with Crippen LogP contribution in [0.4, 0.5) is 0 Å². The van der Waals surface area contributed by atoms with Crippen molar-refractivity contribution in [2.75, 3.05) is 38.3 Å². The van der Waals surface area contributed by atoms with E-state index in [2.05, 4.69) is 10.6 Å². The van der Waals surface area contributed by atoms with E-state index in [0.717, 1.165) is 11.8 Å². The molecule has 1 aromatic rings. The molecule has 2 N–H and O–H groups in total. The van der Waals surface area contributed by atoms with Crippen molar-refractivity contribution in [3.63, 3.8) is 0 Å². The minimum atomic E-state index is -3.58. The van der Waals surface area contributed by atoms with Crippen molar-refractivity contribution in [3.05, 3.63) is 35.9 Å². The Bertz CT molecular complexity index is 944. The Kier molecular flexibility index (Phi) is 9.98. The third-order valence-corrected chi connectivity index (χ3v) is 6.23. The number of hydrogen-bond acceptors (Lipinski definition) is 7. The van der Waals surface area contributed by atoms with Gasteiger partial charge in [-0.1, -0.05) is 37.3 Å². The van der Waals surface area contributed by atoms with Crippen LogP contribution in [0.25, 0.3) is 0 Å². The van der Waals surface area contributed by atoms with Crippen LogP contribution in [0.3, 0.4) is 0 Å². The van der Waals surface area contributed by atoms with E-state index in [4.69, 9.17) is 4.74 Å². The van der Waals surface area contributed by atoms with Crippen molar-refractivity contribution in [1.29, 1.82) is 0 Å². The number of amides is 3. The second kappa shape index (κ2) is 12.4. The molecule has 1 heterocycles. The molecule has 1 aliphatic rings. The summed E-state index contributed by atoms with van der Waals surface area (Å²) < 4.78 is 28.9. The number of Topliss-reactive ketones (excluding diaryl/α,β-unsaturated/α-hetero) is 1. The molecule has 1 saturated heterocycles. The Balaban J connectivity index is 2.01. The second-order valence-electron chi connectivity index (χ2n) is 7.99. The number of benzene rings is 1. The molecule has 0 radical (unpaired) electrons. The highest BCUT2D eigenvalue weighted by Crippen LogP contribution is 2.12. The van der Waals surface area contributed by atoms with Gasteiger partial charge in [-0.25, -0.2) is 8.42 Å². The number of carbonyl (C=O) groups is 4. The van der Waals surface area contributed by atoms with Crippen LogP contribution < -0.4 is 10.6 Å². The summed E-state index contributed by atoms with van der Waals surface area (Å²) >= 11 is 0. The van der Waals surface area contributed by atoms with Gasteiger partial charge in [0.2, 0.25) is 17.6 Å². The summed E-state index contributed by atoms with van der Waals surface area (Å²) in [5, 5.41) is 4.99. The summed E-state index contributed by atoms with van der Waals surface area (Å²) in [5.41, 5.74) is 0.811. The number of nitrogens with zero attached hydrogens (tertiary/aromatic N) is 1. The number of carbonyl (C=O) groups excluding carboxylic acids is 4. The molecule has 1 aliphatic heterocycles. The molecule has 0 spiro atoms. The number of sulfone groups is 1. The minimum Gasteiger partial charge on any atom is -0.378 e. The van der Waals surface area contributed by atoms with E-state index in [9.17, 15) is 27.6 Å².